The Morgan fingerprint density at radius 2 is 0.878 bits per heavy atom. The molecular weight excluding hydrogens is 1070 g/mol. The molecule has 0 aromatic heterocycles. The minimum Gasteiger partial charge on any atom is -0.481 e. The molecule has 2 heterocycles. The molecule has 444 valence electrons. The van der Waals surface area contributed by atoms with Crippen molar-refractivity contribution >= 4 is 35.3 Å². The highest BCUT2D eigenvalue weighted by Crippen LogP contribution is 2.43. The Morgan fingerprint density at radius 3 is 1.18 bits per heavy atom. The molecule has 0 unspecified atom stereocenters. The first-order valence-corrected chi connectivity index (χ1v) is 28.0. The van der Waals surface area contributed by atoms with Crippen molar-refractivity contribution in [3.8, 4) is 0 Å². The van der Waals surface area contributed by atoms with Crippen molar-refractivity contribution < 1.29 is 75.6 Å². The summed E-state index contributed by atoms with van der Waals surface area (Å²) in [7, 11) is 0. The summed E-state index contributed by atoms with van der Waals surface area (Å²) >= 11 is 0. The maximum absolute atomic E-state index is 13.8. The van der Waals surface area contributed by atoms with Gasteiger partial charge >= 0.3 is 36.2 Å². The van der Waals surface area contributed by atoms with E-state index in [-0.39, 0.29) is 36.9 Å². The van der Waals surface area contributed by atoms with Gasteiger partial charge in [-0.05, 0) is 144 Å². The van der Waals surface area contributed by atoms with Gasteiger partial charge in [0, 0.05) is 51.4 Å². The quantitative estimate of drug-likeness (QED) is 0.0283. The Morgan fingerprint density at radius 1 is 0.524 bits per heavy atom. The minimum atomic E-state index is -4.40. The number of carboxylic acid groups (broad SMARTS) is 4. The molecule has 2 aliphatic carbocycles. The second-order valence-electron chi connectivity index (χ2n) is 21.6. The van der Waals surface area contributed by atoms with Crippen LogP contribution in [0, 0.1) is 11.8 Å². The summed E-state index contributed by atoms with van der Waals surface area (Å²) in [4.78, 5) is 56.4. The van der Waals surface area contributed by atoms with Crippen LogP contribution in [0.15, 0.2) is 95.3 Å². The Hall–Kier alpha value is -7.06. The van der Waals surface area contributed by atoms with Gasteiger partial charge < -0.3 is 30.1 Å². The van der Waals surface area contributed by atoms with Crippen LogP contribution in [0.5, 0.6) is 0 Å². The van der Waals surface area contributed by atoms with Crippen molar-refractivity contribution in [2.24, 2.45) is 22.1 Å². The number of hydrogen-bond acceptors (Lipinski definition) is 10. The number of likely N-dealkylation sites (tertiary alicyclic amines) is 2. The Labute approximate surface area is 474 Å². The molecule has 4 N–H and O–H groups in total. The lowest BCUT2D eigenvalue weighted by Gasteiger charge is -2.37. The van der Waals surface area contributed by atoms with Crippen molar-refractivity contribution in [3.63, 3.8) is 0 Å². The molecule has 0 amide bonds. The molecule has 4 aromatic rings. The fourth-order valence-electron chi connectivity index (χ4n) is 10.9. The van der Waals surface area contributed by atoms with E-state index in [2.05, 4.69) is 34.0 Å². The van der Waals surface area contributed by atoms with E-state index >= 15 is 0 Å². The second-order valence-corrected chi connectivity index (χ2v) is 21.6. The van der Waals surface area contributed by atoms with Gasteiger partial charge in [-0.25, -0.2) is 9.59 Å². The number of nitrogens with zero attached hydrogens (tertiary/aromatic N) is 4. The lowest BCUT2D eigenvalue weighted by atomic mass is 9.81. The van der Waals surface area contributed by atoms with E-state index in [9.17, 15) is 45.5 Å². The number of carboxylic acids is 4. The molecule has 82 heavy (non-hydrogen) atoms. The predicted octanol–water partition coefficient (Wildman–Crippen LogP) is 13.3. The lowest BCUT2D eigenvalue weighted by molar-refractivity contribution is -0.148. The van der Waals surface area contributed by atoms with Gasteiger partial charge in [-0.15, -0.1) is 0 Å². The number of carbonyl (C=O) groups is 4. The summed E-state index contributed by atoms with van der Waals surface area (Å²) in [5, 5.41) is 42.1. The summed E-state index contributed by atoms with van der Waals surface area (Å²) < 4.78 is 82.9. The minimum absolute atomic E-state index is 0.0315. The zero-order valence-electron chi connectivity index (χ0n) is 46.8. The van der Waals surface area contributed by atoms with Crippen LogP contribution in [0.2, 0.25) is 0 Å². The summed E-state index contributed by atoms with van der Waals surface area (Å²) in [6.07, 6.45) is 3.28. The molecule has 4 aromatic carbocycles. The van der Waals surface area contributed by atoms with Gasteiger partial charge in [0.1, 0.15) is 13.2 Å². The molecule has 0 spiro atoms. The number of halogens is 6. The highest BCUT2D eigenvalue weighted by molar-refractivity contribution is 5.99. The summed E-state index contributed by atoms with van der Waals surface area (Å²) in [6.45, 7) is 11.3. The predicted molar refractivity (Wildman–Crippen MR) is 297 cm³/mol. The average Bonchev–Trinajstić information content (AvgIpc) is 3.48. The van der Waals surface area contributed by atoms with Crippen LogP contribution >= 0.6 is 0 Å². The lowest BCUT2D eigenvalue weighted by Crippen LogP contribution is -2.49. The zero-order valence-corrected chi connectivity index (χ0v) is 46.8. The number of hydrogen-bond donors (Lipinski definition) is 4. The SMILES string of the molecule is CCc1cc(/C(C)=N\OCc2ccc(C3CCCCC3)c(C(F)(F)F)c2)ccc1CN1CC(C(=O)O)C1.CCc1cc(/C(C)=N\OCc2ccc(C3CCCCC3)c(C(F)(F)F)c2)ccc1CN1CC(C(=O)O)C1.O=C(O)/C=C/C(=O)O. The third-order valence-corrected chi connectivity index (χ3v) is 15.6. The number of oxime groups is 2. The summed E-state index contributed by atoms with van der Waals surface area (Å²) in [5.74, 6) is -4.64. The van der Waals surface area contributed by atoms with E-state index in [4.69, 9.17) is 30.1 Å². The molecule has 2 saturated heterocycles. The maximum Gasteiger partial charge on any atom is 0.416 e. The summed E-state index contributed by atoms with van der Waals surface area (Å²) in [5.41, 5.74) is 8.26. The topological polar surface area (TPSA) is 199 Å². The first-order chi connectivity index (χ1) is 38.9. The van der Waals surface area contributed by atoms with E-state index < -0.39 is 47.4 Å². The van der Waals surface area contributed by atoms with Crippen LogP contribution in [0.3, 0.4) is 0 Å². The molecule has 0 atom stereocenters. The largest absolute Gasteiger partial charge is 0.481 e. The molecule has 0 bridgehead atoms. The Balaban J connectivity index is 0.000000233. The van der Waals surface area contributed by atoms with E-state index in [1.807, 2.05) is 50.2 Å². The van der Waals surface area contributed by atoms with Crippen molar-refractivity contribution in [1.82, 2.24) is 9.80 Å². The van der Waals surface area contributed by atoms with Gasteiger partial charge in [-0.3, -0.25) is 19.4 Å². The number of aryl methyl sites for hydroxylation is 2. The molecule has 2 saturated carbocycles. The maximum atomic E-state index is 13.8. The highest BCUT2D eigenvalue weighted by atomic mass is 19.4. The van der Waals surface area contributed by atoms with Gasteiger partial charge in [-0.1, -0.05) is 111 Å². The fourth-order valence-corrected chi connectivity index (χ4v) is 10.9. The van der Waals surface area contributed by atoms with Crippen molar-refractivity contribution in [2.45, 2.75) is 155 Å². The van der Waals surface area contributed by atoms with Crippen LogP contribution < -0.4 is 0 Å². The Bertz CT molecular complexity index is 2740. The van der Waals surface area contributed by atoms with Gasteiger partial charge in [0.15, 0.2) is 0 Å². The molecule has 8 rings (SSSR count). The second kappa shape index (κ2) is 29.8. The van der Waals surface area contributed by atoms with E-state index in [0.717, 1.165) is 110 Å². The molecule has 4 aliphatic rings. The smallest absolute Gasteiger partial charge is 0.416 e. The molecule has 14 nitrogen and oxygen atoms in total. The Kier molecular flexibility index (Phi) is 23.3. The van der Waals surface area contributed by atoms with Gasteiger partial charge in [0.2, 0.25) is 0 Å². The molecule has 4 fully saturated rings. The standard InChI is InChI=1S/2C29H35F3N2O3.C4H4O4/c2*1-3-21-14-23(10-11-24(21)15-34-16-25(17-34)28(35)36)19(2)33-37-18-20-9-12-26(22-7-5-4-6-8-22)27(13-20)29(30,31)32;5-3(6)1-2-4(7)8/h2*9-14,22,25H,3-8,15-18H2,1-2H3,(H,35,36);1-2H,(H,5,6)(H,7,8)/b2*33-19-;2-1+. The third-order valence-electron chi connectivity index (χ3n) is 15.6. The molecular formula is C62H74F6N4O10. The number of rotatable bonds is 20. The first kappa shape index (κ1) is 64.1. The summed E-state index contributed by atoms with van der Waals surface area (Å²) in [6, 6.07) is 21.2. The van der Waals surface area contributed by atoms with E-state index in [0.29, 0.717) is 85.1 Å². The average molecular weight is 1150 g/mol. The first-order valence-electron chi connectivity index (χ1n) is 28.0. The van der Waals surface area contributed by atoms with Gasteiger partial charge in [0.05, 0.1) is 34.4 Å². The van der Waals surface area contributed by atoms with E-state index in [1.165, 1.54) is 12.1 Å². The van der Waals surface area contributed by atoms with Crippen LogP contribution in [-0.2, 0) is 80.4 Å². The van der Waals surface area contributed by atoms with Crippen molar-refractivity contribution in [2.75, 3.05) is 26.2 Å². The number of benzene rings is 4. The van der Waals surface area contributed by atoms with Gasteiger partial charge in [0.25, 0.3) is 0 Å². The molecule has 2 aliphatic heterocycles. The number of aliphatic carboxylic acids is 4. The normalized spacial score (nSPS) is 17.2. The highest BCUT2D eigenvalue weighted by Gasteiger charge is 2.38. The van der Waals surface area contributed by atoms with Gasteiger partial charge in [-0.2, -0.15) is 26.3 Å². The van der Waals surface area contributed by atoms with Crippen LogP contribution in [-0.4, -0.2) is 91.7 Å². The third kappa shape index (κ3) is 18.7. The fraction of sp³-hybridized carbons (Fsp3) is 0.484. The van der Waals surface area contributed by atoms with E-state index in [1.54, 1.807) is 24.3 Å². The molecule has 20 heteroatoms. The zero-order chi connectivity index (χ0) is 59.7. The van der Waals surface area contributed by atoms with Crippen LogP contribution in [0.1, 0.15) is 171 Å². The van der Waals surface area contributed by atoms with Crippen molar-refractivity contribution in [3.05, 3.63) is 152 Å². The monoisotopic (exact) mass is 1150 g/mol. The van der Waals surface area contributed by atoms with Crippen molar-refractivity contribution in [1.29, 1.82) is 0 Å². The molecule has 0 radical (unpaired) electrons. The number of alkyl halides is 6. The van der Waals surface area contributed by atoms with Crippen LogP contribution in [0.4, 0.5) is 26.3 Å². The van der Waals surface area contributed by atoms with Crippen LogP contribution in [0.25, 0.3) is 0 Å².